The van der Waals surface area contributed by atoms with Crippen molar-refractivity contribution < 1.29 is 28.6 Å². The third-order valence-electron chi connectivity index (χ3n) is 2.42. The minimum Gasteiger partial charge on any atom is -0.466 e. The minimum atomic E-state index is -0.457. The molecule has 0 spiro atoms. The second-order valence-electron chi connectivity index (χ2n) is 4.17. The maximum absolute atomic E-state index is 11.6. The third kappa shape index (κ3) is 7.71. The predicted octanol–water partition coefficient (Wildman–Crippen LogP) is 1.73. The number of carbonyl (C=O) groups is 3. The van der Waals surface area contributed by atoms with E-state index in [2.05, 4.69) is 4.74 Å². The van der Waals surface area contributed by atoms with Gasteiger partial charge in [-0.05, 0) is 18.6 Å². The summed E-state index contributed by atoms with van der Waals surface area (Å²) in [4.78, 5) is 33.3. The van der Waals surface area contributed by atoms with Gasteiger partial charge < -0.3 is 14.2 Å². The van der Waals surface area contributed by atoms with E-state index in [1.165, 1.54) is 6.92 Å². The lowest BCUT2D eigenvalue weighted by molar-refractivity contribution is -0.147. The molecule has 0 aliphatic heterocycles. The lowest BCUT2D eigenvalue weighted by atomic mass is 10.2. The van der Waals surface area contributed by atoms with Gasteiger partial charge in [0.05, 0.1) is 12.2 Å². The average Bonchev–Trinajstić information content (AvgIpc) is 2.48. The summed E-state index contributed by atoms with van der Waals surface area (Å²) >= 11 is 0. The Bertz CT molecular complexity index is 468. The first kappa shape index (κ1) is 16.7. The van der Waals surface area contributed by atoms with Crippen molar-refractivity contribution in [3.05, 3.63) is 35.9 Å². The molecule has 0 atom stereocenters. The summed E-state index contributed by atoms with van der Waals surface area (Å²) in [6, 6.07) is 8.56. The highest BCUT2D eigenvalue weighted by Gasteiger charge is 2.07. The zero-order chi connectivity index (χ0) is 15.5. The van der Waals surface area contributed by atoms with Crippen LogP contribution in [0.25, 0.3) is 0 Å². The Morgan fingerprint density at radius 2 is 1.57 bits per heavy atom. The zero-order valence-electron chi connectivity index (χ0n) is 11.9. The molecule has 0 saturated heterocycles. The summed E-state index contributed by atoms with van der Waals surface area (Å²) in [7, 11) is 0. The molecule has 1 aromatic carbocycles. The van der Waals surface area contributed by atoms with E-state index in [-0.39, 0.29) is 32.2 Å². The molecule has 0 saturated carbocycles. The number of hydrogen-bond acceptors (Lipinski definition) is 6. The Balaban J connectivity index is 2.07. The number of carbonyl (C=O) groups excluding carboxylic acids is 3. The van der Waals surface area contributed by atoms with E-state index in [0.717, 1.165) is 0 Å². The number of rotatable bonds is 8. The normalized spacial score (nSPS) is 9.76. The van der Waals surface area contributed by atoms with Crippen molar-refractivity contribution >= 4 is 17.9 Å². The van der Waals surface area contributed by atoms with Gasteiger partial charge in [-0.2, -0.15) is 0 Å². The van der Waals surface area contributed by atoms with Crippen LogP contribution in [0, 0.1) is 0 Å². The quantitative estimate of drug-likeness (QED) is 0.413. The molecule has 0 radical (unpaired) electrons. The summed E-state index contributed by atoms with van der Waals surface area (Å²) in [5, 5.41) is 0. The van der Waals surface area contributed by atoms with Gasteiger partial charge in [0.25, 0.3) is 0 Å². The van der Waals surface area contributed by atoms with E-state index < -0.39 is 11.9 Å². The van der Waals surface area contributed by atoms with Gasteiger partial charge in [0, 0.05) is 13.3 Å². The van der Waals surface area contributed by atoms with Crippen molar-refractivity contribution in [3.63, 3.8) is 0 Å². The second kappa shape index (κ2) is 9.52. The summed E-state index contributed by atoms with van der Waals surface area (Å²) in [5.74, 6) is -1.25. The Morgan fingerprint density at radius 1 is 0.905 bits per heavy atom. The van der Waals surface area contributed by atoms with Crippen LogP contribution in [0.4, 0.5) is 0 Å². The molecule has 21 heavy (non-hydrogen) atoms. The Morgan fingerprint density at radius 3 is 2.24 bits per heavy atom. The van der Waals surface area contributed by atoms with E-state index in [9.17, 15) is 14.4 Å². The van der Waals surface area contributed by atoms with Crippen LogP contribution in [-0.2, 0) is 23.8 Å². The van der Waals surface area contributed by atoms with Crippen LogP contribution in [-0.4, -0.2) is 37.7 Å². The first-order valence-corrected chi connectivity index (χ1v) is 6.61. The number of esters is 3. The Hall–Kier alpha value is -2.37. The van der Waals surface area contributed by atoms with Crippen LogP contribution in [0.3, 0.4) is 0 Å². The van der Waals surface area contributed by atoms with Gasteiger partial charge in [0.1, 0.15) is 13.2 Å². The maximum Gasteiger partial charge on any atom is 0.338 e. The molecule has 1 aromatic rings. The van der Waals surface area contributed by atoms with Crippen molar-refractivity contribution in [1.82, 2.24) is 0 Å². The SMILES string of the molecule is CC(=O)OCCCC(=O)OCCOC(=O)c1ccccc1. The monoisotopic (exact) mass is 294 g/mol. The standard InChI is InChI=1S/C15H18O6/c1-12(16)19-9-5-8-14(17)20-10-11-21-15(18)13-6-3-2-4-7-13/h2-4,6-7H,5,8-11H2,1H3. The van der Waals surface area contributed by atoms with E-state index >= 15 is 0 Å². The van der Waals surface area contributed by atoms with Crippen LogP contribution in [0.15, 0.2) is 30.3 Å². The summed E-state index contributed by atoms with van der Waals surface area (Å²) in [6.07, 6.45) is 0.558. The summed E-state index contributed by atoms with van der Waals surface area (Å²) < 4.78 is 14.5. The van der Waals surface area contributed by atoms with E-state index in [1.54, 1.807) is 30.3 Å². The smallest absolute Gasteiger partial charge is 0.338 e. The second-order valence-corrected chi connectivity index (χ2v) is 4.17. The lowest BCUT2D eigenvalue weighted by Gasteiger charge is -2.06. The van der Waals surface area contributed by atoms with Crippen LogP contribution < -0.4 is 0 Å². The zero-order valence-corrected chi connectivity index (χ0v) is 11.9. The van der Waals surface area contributed by atoms with Gasteiger partial charge in [-0.15, -0.1) is 0 Å². The number of benzene rings is 1. The first-order valence-electron chi connectivity index (χ1n) is 6.61. The topological polar surface area (TPSA) is 78.9 Å². The van der Waals surface area contributed by atoms with Crippen LogP contribution in [0.1, 0.15) is 30.1 Å². The van der Waals surface area contributed by atoms with E-state index in [0.29, 0.717) is 12.0 Å². The van der Waals surface area contributed by atoms with Crippen LogP contribution >= 0.6 is 0 Å². The molecule has 0 bridgehead atoms. The van der Waals surface area contributed by atoms with Crippen molar-refractivity contribution in [3.8, 4) is 0 Å². The predicted molar refractivity (Wildman–Crippen MR) is 73.6 cm³/mol. The van der Waals surface area contributed by atoms with Gasteiger partial charge >= 0.3 is 17.9 Å². The Kier molecular flexibility index (Phi) is 7.56. The molecule has 0 fully saturated rings. The van der Waals surface area contributed by atoms with Gasteiger partial charge in [0.2, 0.25) is 0 Å². The van der Waals surface area contributed by atoms with Crippen molar-refractivity contribution in [2.45, 2.75) is 19.8 Å². The molecule has 0 N–H and O–H groups in total. The van der Waals surface area contributed by atoms with Crippen molar-refractivity contribution in [2.24, 2.45) is 0 Å². The van der Waals surface area contributed by atoms with Gasteiger partial charge in [-0.1, -0.05) is 18.2 Å². The fourth-order valence-electron chi connectivity index (χ4n) is 1.45. The van der Waals surface area contributed by atoms with Gasteiger partial charge in [-0.25, -0.2) is 4.79 Å². The summed E-state index contributed by atoms with van der Waals surface area (Å²) in [5.41, 5.74) is 0.449. The maximum atomic E-state index is 11.6. The number of hydrogen-bond donors (Lipinski definition) is 0. The molecule has 0 amide bonds. The van der Waals surface area contributed by atoms with Crippen LogP contribution in [0.5, 0.6) is 0 Å². The number of ether oxygens (including phenoxy) is 3. The van der Waals surface area contributed by atoms with E-state index in [1.807, 2.05) is 0 Å². The molecule has 6 heteroatoms. The third-order valence-corrected chi connectivity index (χ3v) is 2.42. The fourth-order valence-corrected chi connectivity index (χ4v) is 1.45. The highest BCUT2D eigenvalue weighted by molar-refractivity contribution is 5.89. The highest BCUT2D eigenvalue weighted by atomic mass is 16.6. The van der Waals surface area contributed by atoms with Gasteiger partial charge in [0.15, 0.2) is 0 Å². The lowest BCUT2D eigenvalue weighted by Crippen LogP contribution is -2.14. The molecule has 0 aromatic heterocycles. The van der Waals surface area contributed by atoms with E-state index in [4.69, 9.17) is 9.47 Å². The molecule has 0 heterocycles. The Labute approximate surface area is 123 Å². The molecule has 0 unspecified atom stereocenters. The summed E-state index contributed by atoms with van der Waals surface area (Å²) in [6.45, 7) is 1.50. The molecule has 6 nitrogen and oxygen atoms in total. The van der Waals surface area contributed by atoms with Crippen molar-refractivity contribution in [2.75, 3.05) is 19.8 Å². The largest absolute Gasteiger partial charge is 0.466 e. The molecular formula is C15H18O6. The molecule has 0 aliphatic rings. The van der Waals surface area contributed by atoms with Crippen LogP contribution in [0.2, 0.25) is 0 Å². The highest BCUT2D eigenvalue weighted by Crippen LogP contribution is 2.01. The van der Waals surface area contributed by atoms with Gasteiger partial charge in [-0.3, -0.25) is 9.59 Å². The molecule has 1 rings (SSSR count). The minimum absolute atomic E-state index is 0.00339. The van der Waals surface area contributed by atoms with Crippen molar-refractivity contribution in [1.29, 1.82) is 0 Å². The first-order chi connectivity index (χ1) is 10.1. The fraction of sp³-hybridized carbons (Fsp3) is 0.400. The molecular weight excluding hydrogens is 276 g/mol. The molecule has 114 valence electrons. The molecule has 0 aliphatic carbocycles. The average molecular weight is 294 g/mol.